The van der Waals surface area contributed by atoms with Crippen LogP contribution in [-0.4, -0.2) is 18.2 Å². The van der Waals surface area contributed by atoms with E-state index in [2.05, 4.69) is 4.74 Å². The number of carbonyl (C=O) groups is 1. The molecule has 3 N–H and O–H groups in total. The Hall–Kier alpha value is -1.55. The molecular weight excluding hydrogens is 194 g/mol. The van der Waals surface area contributed by atoms with Gasteiger partial charge in [0.05, 0.1) is 13.0 Å². The number of fused-ring (bicyclic) bond motifs is 1. The van der Waals surface area contributed by atoms with Gasteiger partial charge in [0.2, 0.25) is 0 Å². The van der Waals surface area contributed by atoms with Crippen molar-refractivity contribution in [3.8, 4) is 5.75 Å². The molecule has 0 spiro atoms. The van der Waals surface area contributed by atoms with Crippen LogP contribution in [0.15, 0.2) is 18.2 Å². The van der Waals surface area contributed by atoms with Crippen molar-refractivity contribution in [3.05, 3.63) is 29.3 Å². The van der Waals surface area contributed by atoms with E-state index in [0.29, 0.717) is 6.42 Å². The molecule has 1 aliphatic carbocycles. The maximum atomic E-state index is 11.4. The molecule has 0 aliphatic heterocycles. The van der Waals surface area contributed by atoms with Crippen LogP contribution in [0.25, 0.3) is 0 Å². The standard InChI is InChI=1S/C11H13NO3/c1-15-11(14)9-4-6-2-3-7(13)5-8(6)10(9)12/h2-3,5,9-10,13H,4,12H2,1H3. The fourth-order valence-electron chi connectivity index (χ4n) is 2.04. The van der Waals surface area contributed by atoms with Crippen LogP contribution >= 0.6 is 0 Å². The molecule has 0 fully saturated rings. The van der Waals surface area contributed by atoms with Crippen molar-refractivity contribution in [2.75, 3.05) is 7.11 Å². The smallest absolute Gasteiger partial charge is 0.310 e. The van der Waals surface area contributed by atoms with Gasteiger partial charge in [-0.3, -0.25) is 4.79 Å². The maximum Gasteiger partial charge on any atom is 0.310 e. The number of aromatic hydroxyl groups is 1. The summed E-state index contributed by atoms with van der Waals surface area (Å²) in [5.41, 5.74) is 7.77. The number of hydrogen-bond donors (Lipinski definition) is 2. The SMILES string of the molecule is COC(=O)C1Cc2ccc(O)cc2C1N. The van der Waals surface area contributed by atoms with Gasteiger partial charge in [0.15, 0.2) is 0 Å². The third kappa shape index (κ3) is 1.57. The van der Waals surface area contributed by atoms with E-state index < -0.39 is 0 Å². The Morgan fingerprint density at radius 3 is 3.00 bits per heavy atom. The summed E-state index contributed by atoms with van der Waals surface area (Å²) in [4.78, 5) is 11.4. The molecule has 0 heterocycles. The van der Waals surface area contributed by atoms with E-state index in [-0.39, 0.29) is 23.7 Å². The number of ether oxygens (including phenoxy) is 1. The molecule has 2 rings (SSSR count). The highest BCUT2D eigenvalue weighted by atomic mass is 16.5. The molecule has 0 saturated carbocycles. The molecule has 0 amide bonds. The average molecular weight is 207 g/mol. The Labute approximate surface area is 87.7 Å². The number of nitrogens with two attached hydrogens (primary N) is 1. The predicted molar refractivity (Wildman–Crippen MR) is 54.2 cm³/mol. The molecule has 1 aromatic rings. The molecule has 1 aliphatic rings. The number of phenolic OH excluding ortho intramolecular Hbond substituents is 1. The van der Waals surface area contributed by atoms with Crippen LogP contribution in [0.2, 0.25) is 0 Å². The second kappa shape index (κ2) is 3.55. The summed E-state index contributed by atoms with van der Waals surface area (Å²) in [5, 5.41) is 9.32. The van der Waals surface area contributed by atoms with Crippen molar-refractivity contribution in [1.29, 1.82) is 0 Å². The molecule has 15 heavy (non-hydrogen) atoms. The minimum atomic E-state index is -0.375. The summed E-state index contributed by atoms with van der Waals surface area (Å²) < 4.78 is 4.68. The average Bonchev–Trinajstić information content (AvgIpc) is 2.55. The number of hydrogen-bond acceptors (Lipinski definition) is 4. The second-order valence-electron chi connectivity index (χ2n) is 3.74. The van der Waals surface area contributed by atoms with Crippen LogP contribution in [0.1, 0.15) is 17.2 Å². The number of benzene rings is 1. The van der Waals surface area contributed by atoms with E-state index in [1.54, 1.807) is 18.2 Å². The van der Waals surface area contributed by atoms with Crippen LogP contribution in [0, 0.1) is 5.92 Å². The Morgan fingerprint density at radius 2 is 2.33 bits per heavy atom. The normalized spacial score (nSPS) is 23.6. The molecule has 2 unspecified atom stereocenters. The molecule has 0 bridgehead atoms. The first-order valence-electron chi connectivity index (χ1n) is 4.78. The molecule has 0 radical (unpaired) electrons. The molecule has 0 saturated heterocycles. The summed E-state index contributed by atoms with van der Waals surface area (Å²) in [7, 11) is 1.36. The lowest BCUT2D eigenvalue weighted by atomic mass is 10.0. The number of rotatable bonds is 1. The fraction of sp³-hybridized carbons (Fsp3) is 0.364. The number of phenols is 1. The zero-order chi connectivity index (χ0) is 11.0. The van der Waals surface area contributed by atoms with Crippen molar-refractivity contribution in [2.24, 2.45) is 11.7 Å². The minimum Gasteiger partial charge on any atom is -0.508 e. The van der Waals surface area contributed by atoms with E-state index in [1.165, 1.54) is 7.11 Å². The summed E-state index contributed by atoms with van der Waals surface area (Å²) in [6.07, 6.45) is 0.587. The van der Waals surface area contributed by atoms with Gasteiger partial charge in [0.25, 0.3) is 0 Å². The third-order valence-electron chi connectivity index (χ3n) is 2.87. The lowest BCUT2D eigenvalue weighted by Crippen LogP contribution is -2.25. The minimum absolute atomic E-state index is 0.176. The maximum absolute atomic E-state index is 11.4. The highest BCUT2D eigenvalue weighted by Crippen LogP contribution is 2.36. The van der Waals surface area contributed by atoms with E-state index in [1.807, 2.05) is 0 Å². The number of carbonyl (C=O) groups excluding carboxylic acids is 1. The monoisotopic (exact) mass is 207 g/mol. The van der Waals surface area contributed by atoms with Gasteiger partial charge in [0, 0.05) is 6.04 Å². The van der Waals surface area contributed by atoms with E-state index in [4.69, 9.17) is 5.73 Å². The molecule has 80 valence electrons. The van der Waals surface area contributed by atoms with Gasteiger partial charge in [0.1, 0.15) is 5.75 Å². The first kappa shape index (κ1) is 9.98. The van der Waals surface area contributed by atoms with Gasteiger partial charge in [-0.2, -0.15) is 0 Å². The van der Waals surface area contributed by atoms with Gasteiger partial charge in [-0.15, -0.1) is 0 Å². The van der Waals surface area contributed by atoms with Crippen LogP contribution in [0.3, 0.4) is 0 Å². The second-order valence-corrected chi connectivity index (χ2v) is 3.74. The first-order chi connectivity index (χ1) is 7.13. The van der Waals surface area contributed by atoms with Crippen LogP contribution in [-0.2, 0) is 16.0 Å². The summed E-state index contributed by atoms with van der Waals surface area (Å²) in [6.45, 7) is 0. The van der Waals surface area contributed by atoms with E-state index in [9.17, 15) is 9.90 Å². The van der Waals surface area contributed by atoms with Gasteiger partial charge in [-0.05, 0) is 29.7 Å². The van der Waals surface area contributed by atoms with Crippen LogP contribution in [0.5, 0.6) is 5.75 Å². The van der Waals surface area contributed by atoms with Gasteiger partial charge >= 0.3 is 5.97 Å². The van der Waals surface area contributed by atoms with Crippen LogP contribution in [0.4, 0.5) is 0 Å². The highest BCUT2D eigenvalue weighted by Gasteiger charge is 2.35. The molecule has 0 aromatic heterocycles. The van der Waals surface area contributed by atoms with E-state index >= 15 is 0 Å². The topological polar surface area (TPSA) is 72.5 Å². The number of methoxy groups -OCH3 is 1. The molecular formula is C11H13NO3. The number of esters is 1. The van der Waals surface area contributed by atoms with Crippen LogP contribution < -0.4 is 5.73 Å². The largest absolute Gasteiger partial charge is 0.508 e. The van der Waals surface area contributed by atoms with Gasteiger partial charge < -0.3 is 15.6 Å². The third-order valence-corrected chi connectivity index (χ3v) is 2.87. The summed E-state index contributed by atoms with van der Waals surface area (Å²) >= 11 is 0. The Kier molecular flexibility index (Phi) is 2.36. The summed E-state index contributed by atoms with van der Waals surface area (Å²) in [6, 6.07) is 4.64. The molecule has 2 atom stereocenters. The Bertz CT molecular complexity index is 403. The van der Waals surface area contributed by atoms with Crippen molar-refractivity contribution < 1.29 is 14.6 Å². The van der Waals surface area contributed by atoms with Crippen molar-refractivity contribution in [2.45, 2.75) is 12.5 Å². The first-order valence-corrected chi connectivity index (χ1v) is 4.78. The lowest BCUT2D eigenvalue weighted by Gasteiger charge is -2.12. The van der Waals surface area contributed by atoms with Crippen molar-refractivity contribution in [3.63, 3.8) is 0 Å². The molecule has 4 heteroatoms. The zero-order valence-corrected chi connectivity index (χ0v) is 8.43. The molecule has 4 nitrogen and oxygen atoms in total. The fourth-order valence-corrected chi connectivity index (χ4v) is 2.04. The van der Waals surface area contributed by atoms with Crippen molar-refractivity contribution in [1.82, 2.24) is 0 Å². The van der Waals surface area contributed by atoms with Gasteiger partial charge in [-0.1, -0.05) is 6.07 Å². The quantitative estimate of drug-likeness (QED) is 0.666. The zero-order valence-electron chi connectivity index (χ0n) is 8.43. The molecule has 1 aromatic carbocycles. The summed E-state index contributed by atoms with van der Waals surface area (Å²) in [5.74, 6) is -0.445. The van der Waals surface area contributed by atoms with Crippen molar-refractivity contribution >= 4 is 5.97 Å². The predicted octanol–water partition coefficient (Wildman–Crippen LogP) is 0.737. The highest BCUT2D eigenvalue weighted by molar-refractivity contribution is 5.75. The lowest BCUT2D eigenvalue weighted by molar-refractivity contribution is -0.145. The Morgan fingerprint density at radius 1 is 1.60 bits per heavy atom. The van der Waals surface area contributed by atoms with Gasteiger partial charge in [-0.25, -0.2) is 0 Å². The van der Waals surface area contributed by atoms with E-state index in [0.717, 1.165) is 11.1 Å². The Balaban J connectivity index is 2.33.